The topological polar surface area (TPSA) is 15.3 Å². The first-order valence-corrected chi connectivity index (χ1v) is 5.53. The number of likely N-dealkylation sites (tertiary alicyclic amines) is 1. The fraction of sp³-hybridized carbons (Fsp3) is 0.900. The molecule has 0 aromatic heterocycles. The summed E-state index contributed by atoms with van der Waals surface area (Å²) >= 11 is 5.30. The molecule has 2 nitrogen and oxygen atoms in total. The summed E-state index contributed by atoms with van der Waals surface area (Å²) in [7, 11) is 0. The molecule has 1 aliphatic heterocycles. The molecule has 3 heteroatoms. The highest BCUT2D eigenvalue weighted by Gasteiger charge is 2.20. The fourth-order valence-electron chi connectivity index (χ4n) is 1.52. The fourth-order valence-corrected chi connectivity index (χ4v) is 1.77. The van der Waals surface area contributed by atoms with Crippen molar-refractivity contribution in [2.75, 3.05) is 19.6 Å². The summed E-state index contributed by atoms with van der Waals surface area (Å²) in [5.41, 5.74) is 0. The van der Waals surface area contributed by atoms with Crippen molar-refractivity contribution in [3.05, 3.63) is 0 Å². The first-order chi connectivity index (χ1) is 6.09. The maximum Gasteiger partial charge on any atom is 0.168 e. The Bertz CT molecular complexity index is 180. The predicted octanol–water partition coefficient (Wildman–Crippen LogP) is 1.86. The van der Waals surface area contributed by atoms with Crippen LogP contribution in [-0.2, 0) is 0 Å². The molecule has 1 saturated heterocycles. The van der Waals surface area contributed by atoms with Gasteiger partial charge < -0.3 is 10.2 Å². The van der Waals surface area contributed by atoms with Crippen molar-refractivity contribution >= 4 is 17.3 Å². The Morgan fingerprint density at radius 1 is 1.62 bits per heavy atom. The van der Waals surface area contributed by atoms with E-state index in [9.17, 15) is 0 Å². The van der Waals surface area contributed by atoms with E-state index < -0.39 is 0 Å². The van der Waals surface area contributed by atoms with Gasteiger partial charge in [0.15, 0.2) is 5.11 Å². The van der Waals surface area contributed by atoms with Crippen molar-refractivity contribution in [2.24, 2.45) is 11.8 Å². The minimum absolute atomic E-state index is 0.665. The Kier molecular flexibility index (Phi) is 3.97. The van der Waals surface area contributed by atoms with Gasteiger partial charge in [0.2, 0.25) is 0 Å². The summed E-state index contributed by atoms with van der Waals surface area (Å²) in [6, 6.07) is 0. The van der Waals surface area contributed by atoms with Crippen LogP contribution in [0.5, 0.6) is 0 Å². The van der Waals surface area contributed by atoms with Gasteiger partial charge in [0, 0.05) is 19.6 Å². The van der Waals surface area contributed by atoms with Crippen molar-refractivity contribution in [1.29, 1.82) is 0 Å². The Morgan fingerprint density at radius 3 is 2.77 bits per heavy atom. The number of thiocarbonyl (C=S) groups is 1. The van der Waals surface area contributed by atoms with Crippen LogP contribution in [0.1, 0.15) is 27.2 Å². The molecule has 1 N–H and O–H groups in total. The molecule has 1 aliphatic rings. The van der Waals surface area contributed by atoms with Gasteiger partial charge in [0.05, 0.1) is 0 Å². The van der Waals surface area contributed by atoms with Gasteiger partial charge in [-0.05, 0) is 30.5 Å². The smallest absolute Gasteiger partial charge is 0.168 e. The zero-order chi connectivity index (χ0) is 9.84. The Morgan fingerprint density at radius 2 is 2.31 bits per heavy atom. The minimum Gasteiger partial charge on any atom is -0.362 e. The van der Waals surface area contributed by atoms with Crippen LogP contribution in [0, 0.1) is 11.8 Å². The lowest BCUT2D eigenvalue weighted by Gasteiger charge is -2.20. The van der Waals surface area contributed by atoms with E-state index in [1.54, 1.807) is 0 Å². The van der Waals surface area contributed by atoms with Crippen LogP contribution in [0.25, 0.3) is 0 Å². The average Bonchev–Trinajstić information content (AvgIpc) is 2.47. The van der Waals surface area contributed by atoms with E-state index in [1.165, 1.54) is 6.42 Å². The van der Waals surface area contributed by atoms with Crippen molar-refractivity contribution in [2.45, 2.75) is 27.2 Å². The molecule has 0 aromatic rings. The third-order valence-electron chi connectivity index (χ3n) is 2.37. The molecule has 0 aromatic carbocycles. The molecular formula is C10H20N2S. The third-order valence-corrected chi connectivity index (χ3v) is 2.78. The van der Waals surface area contributed by atoms with E-state index in [4.69, 9.17) is 12.2 Å². The van der Waals surface area contributed by atoms with E-state index >= 15 is 0 Å². The highest BCUT2D eigenvalue weighted by atomic mass is 32.1. The predicted molar refractivity (Wildman–Crippen MR) is 60.8 cm³/mol. The highest BCUT2D eigenvalue weighted by Crippen LogP contribution is 2.14. The highest BCUT2D eigenvalue weighted by molar-refractivity contribution is 7.80. The van der Waals surface area contributed by atoms with Gasteiger partial charge >= 0.3 is 0 Å². The SMILES string of the molecule is CC(C)CNC(=S)N1CCC(C)C1. The van der Waals surface area contributed by atoms with E-state index in [0.29, 0.717) is 5.92 Å². The van der Waals surface area contributed by atoms with Gasteiger partial charge in [0.1, 0.15) is 0 Å². The molecule has 0 radical (unpaired) electrons. The summed E-state index contributed by atoms with van der Waals surface area (Å²) in [6.45, 7) is 9.92. The second kappa shape index (κ2) is 4.80. The number of rotatable bonds is 2. The summed E-state index contributed by atoms with van der Waals surface area (Å²) in [6.07, 6.45) is 1.28. The van der Waals surface area contributed by atoms with Crippen LogP contribution in [-0.4, -0.2) is 29.6 Å². The third kappa shape index (κ3) is 3.51. The lowest BCUT2D eigenvalue weighted by molar-refractivity contribution is 0.476. The van der Waals surface area contributed by atoms with Crippen molar-refractivity contribution < 1.29 is 0 Å². The molecule has 0 spiro atoms. The van der Waals surface area contributed by atoms with Crippen LogP contribution in [0.2, 0.25) is 0 Å². The lowest BCUT2D eigenvalue weighted by Crippen LogP contribution is -2.39. The maximum atomic E-state index is 5.30. The van der Waals surface area contributed by atoms with E-state index in [2.05, 4.69) is 31.0 Å². The minimum atomic E-state index is 0.665. The maximum absolute atomic E-state index is 5.30. The molecule has 0 saturated carbocycles. The van der Waals surface area contributed by atoms with Crippen molar-refractivity contribution in [3.8, 4) is 0 Å². The Hall–Kier alpha value is -0.310. The van der Waals surface area contributed by atoms with Crippen molar-refractivity contribution in [1.82, 2.24) is 10.2 Å². The van der Waals surface area contributed by atoms with Gasteiger partial charge in [0.25, 0.3) is 0 Å². The second-order valence-electron chi connectivity index (χ2n) is 4.42. The van der Waals surface area contributed by atoms with Crippen LogP contribution < -0.4 is 5.32 Å². The Balaban J connectivity index is 2.24. The van der Waals surface area contributed by atoms with Crippen molar-refractivity contribution in [3.63, 3.8) is 0 Å². The largest absolute Gasteiger partial charge is 0.362 e. The van der Waals surface area contributed by atoms with Gasteiger partial charge in [-0.1, -0.05) is 20.8 Å². The standard InChI is InChI=1S/C10H20N2S/c1-8(2)6-11-10(13)12-5-4-9(3)7-12/h8-9H,4-7H2,1-3H3,(H,11,13). The summed E-state index contributed by atoms with van der Waals surface area (Å²) < 4.78 is 0. The van der Waals surface area contributed by atoms with Crippen LogP contribution >= 0.6 is 12.2 Å². The molecule has 1 unspecified atom stereocenters. The lowest BCUT2D eigenvalue weighted by atomic mass is 10.2. The molecule has 1 heterocycles. The molecule has 13 heavy (non-hydrogen) atoms. The van der Waals surface area contributed by atoms with Gasteiger partial charge in [-0.2, -0.15) is 0 Å². The van der Waals surface area contributed by atoms with Gasteiger partial charge in [-0.3, -0.25) is 0 Å². The molecule has 1 rings (SSSR count). The molecule has 76 valence electrons. The normalized spacial score (nSPS) is 22.5. The van der Waals surface area contributed by atoms with E-state index in [-0.39, 0.29) is 0 Å². The monoisotopic (exact) mass is 200 g/mol. The molecule has 1 atom stereocenters. The number of nitrogens with zero attached hydrogens (tertiary/aromatic N) is 1. The number of hydrogen-bond acceptors (Lipinski definition) is 1. The van der Waals surface area contributed by atoms with E-state index in [0.717, 1.165) is 30.7 Å². The molecular weight excluding hydrogens is 180 g/mol. The number of nitrogens with one attached hydrogen (secondary N) is 1. The Labute approximate surface area is 86.7 Å². The molecule has 0 aliphatic carbocycles. The van der Waals surface area contributed by atoms with Crippen LogP contribution in [0.3, 0.4) is 0 Å². The average molecular weight is 200 g/mol. The first kappa shape index (κ1) is 10.8. The van der Waals surface area contributed by atoms with Crippen LogP contribution in [0.4, 0.5) is 0 Å². The number of hydrogen-bond donors (Lipinski definition) is 1. The zero-order valence-corrected chi connectivity index (χ0v) is 9.66. The quantitative estimate of drug-likeness (QED) is 0.685. The van der Waals surface area contributed by atoms with Gasteiger partial charge in [-0.15, -0.1) is 0 Å². The summed E-state index contributed by atoms with van der Waals surface area (Å²) in [5, 5.41) is 4.24. The molecule has 0 bridgehead atoms. The molecule has 0 amide bonds. The van der Waals surface area contributed by atoms with Gasteiger partial charge in [-0.25, -0.2) is 0 Å². The zero-order valence-electron chi connectivity index (χ0n) is 8.84. The molecule has 1 fully saturated rings. The first-order valence-electron chi connectivity index (χ1n) is 5.12. The van der Waals surface area contributed by atoms with Crippen LogP contribution in [0.15, 0.2) is 0 Å². The van der Waals surface area contributed by atoms with E-state index in [1.807, 2.05) is 0 Å². The summed E-state index contributed by atoms with van der Waals surface area (Å²) in [4.78, 5) is 2.28. The summed E-state index contributed by atoms with van der Waals surface area (Å²) in [5.74, 6) is 1.47. The second-order valence-corrected chi connectivity index (χ2v) is 4.81.